The Morgan fingerprint density at radius 1 is 0.846 bits per heavy atom. The van der Waals surface area contributed by atoms with E-state index in [9.17, 15) is 35.1 Å². The van der Waals surface area contributed by atoms with Gasteiger partial charge < -0.3 is 0 Å². The molecular formula is C5H3F8. The summed E-state index contributed by atoms with van der Waals surface area (Å²) in [5.41, 5.74) is 0. The second-order valence-electron chi connectivity index (χ2n) is 2.07. The molecule has 0 amide bonds. The van der Waals surface area contributed by atoms with E-state index in [1.54, 1.807) is 0 Å². The lowest BCUT2D eigenvalue weighted by atomic mass is 10.1. The lowest BCUT2D eigenvalue weighted by Crippen LogP contribution is -2.52. The van der Waals surface area contributed by atoms with Gasteiger partial charge in [-0.25, -0.2) is 17.6 Å². The average molecular weight is 215 g/mol. The number of alkyl halides is 7. The van der Waals surface area contributed by atoms with E-state index in [1.807, 2.05) is 0 Å². The molecule has 0 nitrogen and oxygen atoms in total. The Morgan fingerprint density at radius 3 is 1.46 bits per heavy atom. The van der Waals surface area contributed by atoms with Crippen molar-refractivity contribution in [1.29, 1.82) is 0 Å². The molecule has 1 radical (unpaired) electrons. The van der Waals surface area contributed by atoms with Gasteiger partial charge in [0.15, 0.2) is 6.67 Å². The van der Waals surface area contributed by atoms with Crippen molar-refractivity contribution in [2.24, 2.45) is 0 Å². The molecule has 0 aliphatic rings. The van der Waals surface area contributed by atoms with E-state index < -0.39 is 31.1 Å². The van der Waals surface area contributed by atoms with E-state index in [-0.39, 0.29) is 0 Å². The third-order valence-corrected chi connectivity index (χ3v) is 1.18. The number of halogens is 8. The quantitative estimate of drug-likeness (QED) is 0.632. The fraction of sp³-hybridized carbons (Fsp3) is 0.800. The van der Waals surface area contributed by atoms with Gasteiger partial charge >= 0.3 is 18.3 Å². The van der Waals surface area contributed by atoms with Crippen LogP contribution in [-0.2, 0) is 0 Å². The van der Waals surface area contributed by atoms with Crippen LogP contribution >= 0.6 is 0 Å². The van der Waals surface area contributed by atoms with Gasteiger partial charge in [-0.1, -0.05) is 0 Å². The largest absolute Gasteiger partial charge is 0.372 e. The fourth-order valence-corrected chi connectivity index (χ4v) is 0.408. The van der Waals surface area contributed by atoms with Gasteiger partial charge in [-0.05, 0) is 0 Å². The van der Waals surface area contributed by atoms with E-state index in [0.29, 0.717) is 0 Å². The molecule has 8 heteroatoms. The van der Waals surface area contributed by atoms with Crippen molar-refractivity contribution in [3.05, 3.63) is 6.67 Å². The van der Waals surface area contributed by atoms with Crippen LogP contribution in [0.2, 0.25) is 0 Å². The van der Waals surface area contributed by atoms with Gasteiger partial charge in [-0.2, -0.15) is 17.6 Å². The molecule has 0 aromatic carbocycles. The topological polar surface area (TPSA) is 0 Å². The molecule has 1 atom stereocenters. The summed E-state index contributed by atoms with van der Waals surface area (Å²) in [5.74, 6) is -11.6. The van der Waals surface area contributed by atoms with E-state index in [1.165, 1.54) is 0 Å². The maximum absolute atomic E-state index is 12.0. The Bertz CT molecular complexity index is 164. The van der Waals surface area contributed by atoms with Crippen molar-refractivity contribution in [1.82, 2.24) is 0 Å². The summed E-state index contributed by atoms with van der Waals surface area (Å²) >= 11 is 0. The Morgan fingerprint density at radius 2 is 1.23 bits per heavy atom. The summed E-state index contributed by atoms with van der Waals surface area (Å²) in [4.78, 5) is 0. The zero-order chi connectivity index (χ0) is 10.9. The van der Waals surface area contributed by atoms with Crippen molar-refractivity contribution >= 4 is 0 Å². The molecule has 0 aromatic rings. The number of rotatable bonds is 4. The molecule has 0 spiro atoms. The summed E-state index contributed by atoms with van der Waals surface area (Å²) in [7, 11) is 0. The highest BCUT2D eigenvalue weighted by Crippen LogP contribution is 2.43. The smallest absolute Gasteiger partial charge is 0.241 e. The number of hydrogen-bond donors (Lipinski definition) is 0. The molecule has 0 aliphatic heterocycles. The molecule has 0 aliphatic carbocycles. The lowest BCUT2D eigenvalue weighted by Gasteiger charge is -2.26. The molecular weight excluding hydrogens is 212 g/mol. The Hall–Kier alpha value is -0.560. The van der Waals surface area contributed by atoms with Crippen LogP contribution in [0.5, 0.6) is 0 Å². The molecule has 0 N–H and O–H groups in total. The van der Waals surface area contributed by atoms with Crippen molar-refractivity contribution in [3.63, 3.8) is 0 Å². The van der Waals surface area contributed by atoms with Crippen LogP contribution in [0, 0.1) is 6.67 Å². The first-order chi connectivity index (χ1) is 5.67. The molecule has 0 heterocycles. The lowest BCUT2D eigenvalue weighted by molar-refractivity contribution is -0.282. The Balaban J connectivity index is 4.80. The van der Waals surface area contributed by atoms with Crippen molar-refractivity contribution in [3.8, 4) is 0 Å². The highest BCUT2D eigenvalue weighted by atomic mass is 19.3. The Labute approximate surface area is 67.5 Å². The summed E-state index contributed by atoms with van der Waals surface area (Å²) in [6, 6.07) is 0. The molecule has 0 saturated carbocycles. The third kappa shape index (κ3) is 2.02. The normalized spacial score (nSPS) is 16.4. The van der Waals surface area contributed by atoms with E-state index in [0.717, 1.165) is 0 Å². The van der Waals surface area contributed by atoms with E-state index >= 15 is 0 Å². The van der Waals surface area contributed by atoms with Gasteiger partial charge in [0.2, 0.25) is 6.17 Å². The van der Waals surface area contributed by atoms with Crippen molar-refractivity contribution < 1.29 is 35.1 Å². The zero-order valence-electron chi connectivity index (χ0n) is 5.76. The predicted molar refractivity (Wildman–Crippen MR) is 26.2 cm³/mol. The van der Waals surface area contributed by atoms with Crippen LogP contribution in [0.25, 0.3) is 0 Å². The maximum atomic E-state index is 12.0. The molecule has 0 fully saturated rings. The van der Waals surface area contributed by atoms with Crippen molar-refractivity contribution in [2.45, 2.75) is 24.4 Å². The molecule has 13 heavy (non-hydrogen) atoms. The second-order valence-corrected chi connectivity index (χ2v) is 2.07. The molecule has 0 rings (SSSR count). The molecule has 0 saturated heterocycles. The average Bonchev–Trinajstić information content (AvgIpc) is 2.02. The standard InChI is InChI=1S/C5H3F8/c6-1-2(7)4(10,11)5(12,13)3(8)9/h1-3H. The molecule has 1 unspecified atom stereocenters. The predicted octanol–water partition coefficient (Wildman–Crippen LogP) is 2.99. The summed E-state index contributed by atoms with van der Waals surface area (Å²) < 4.78 is 93.0. The summed E-state index contributed by atoms with van der Waals surface area (Å²) in [5, 5.41) is 0. The van der Waals surface area contributed by atoms with Gasteiger partial charge in [0.05, 0.1) is 0 Å². The minimum absolute atomic E-state index is 1.41. The number of hydrogen-bond acceptors (Lipinski definition) is 0. The zero-order valence-corrected chi connectivity index (χ0v) is 5.76. The van der Waals surface area contributed by atoms with Gasteiger partial charge in [0.25, 0.3) is 0 Å². The van der Waals surface area contributed by atoms with Gasteiger partial charge in [0, 0.05) is 0 Å². The molecule has 0 bridgehead atoms. The molecule has 79 valence electrons. The van der Waals surface area contributed by atoms with Gasteiger partial charge in [-0.3, -0.25) is 0 Å². The van der Waals surface area contributed by atoms with E-state index in [4.69, 9.17) is 0 Å². The van der Waals surface area contributed by atoms with Crippen LogP contribution in [0.3, 0.4) is 0 Å². The van der Waals surface area contributed by atoms with Crippen LogP contribution in [0.1, 0.15) is 0 Å². The van der Waals surface area contributed by atoms with Crippen LogP contribution in [0.15, 0.2) is 0 Å². The highest BCUT2D eigenvalue weighted by Gasteiger charge is 2.67. The monoisotopic (exact) mass is 215 g/mol. The van der Waals surface area contributed by atoms with Gasteiger partial charge in [-0.15, -0.1) is 0 Å². The highest BCUT2D eigenvalue weighted by molar-refractivity contribution is 4.95. The first kappa shape index (κ1) is 12.4. The first-order valence-corrected chi connectivity index (χ1v) is 2.79. The second kappa shape index (κ2) is 3.67. The van der Waals surface area contributed by atoms with Gasteiger partial charge in [0.1, 0.15) is 0 Å². The van der Waals surface area contributed by atoms with Crippen LogP contribution < -0.4 is 0 Å². The fourth-order valence-electron chi connectivity index (χ4n) is 0.408. The summed E-state index contributed by atoms with van der Waals surface area (Å²) in [6.45, 7) is -1.41. The van der Waals surface area contributed by atoms with Crippen LogP contribution in [0.4, 0.5) is 35.1 Å². The minimum Gasteiger partial charge on any atom is -0.241 e. The molecule has 0 aromatic heterocycles. The summed E-state index contributed by atoms with van der Waals surface area (Å²) in [6.07, 6.45) is -8.82. The van der Waals surface area contributed by atoms with Crippen molar-refractivity contribution in [2.75, 3.05) is 0 Å². The first-order valence-electron chi connectivity index (χ1n) is 2.79. The third-order valence-electron chi connectivity index (χ3n) is 1.18. The SMILES string of the molecule is F[CH]C(F)C(F)(F)C(F)(F)C(F)F. The minimum atomic E-state index is -5.89. The maximum Gasteiger partial charge on any atom is 0.372 e. The van der Waals surface area contributed by atoms with Crippen LogP contribution in [-0.4, -0.2) is 24.4 Å². The van der Waals surface area contributed by atoms with E-state index in [2.05, 4.69) is 0 Å². The Kier molecular flexibility index (Phi) is 3.51.